The van der Waals surface area contributed by atoms with Crippen LogP contribution < -0.4 is 0 Å². The predicted octanol–water partition coefficient (Wildman–Crippen LogP) is 2.80. The normalized spacial score (nSPS) is 10.1. The van der Waals surface area contributed by atoms with Crippen LogP contribution in [0.2, 0.25) is 0 Å². The second-order valence-corrected chi connectivity index (χ2v) is 3.23. The minimum Gasteiger partial charge on any atom is -0.379 e. The SMILES string of the molecule is C=CCCOCCOCc1ccccc1. The highest BCUT2D eigenvalue weighted by Crippen LogP contribution is 1.99. The lowest BCUT2D eigenvalue weighted by atomic mass is 10.2. The van der Waals surface area contributed by atoms with Gasteiger partial charge in [0.25, 0.3) is 0 Å². The van der Waals surface area contributed by atoms with Gasteiger partial charge in [0, 0.05) is 0 Å². The maximum Gasteiger partial charge on any atom is 0.0718 e. The first-order chi connectivity index (χ1) is 7.43. The molecule has 0 aromatic heterocycles. The van der Waals surface area contributed by atoms with Crippen molar-refractivity contribution >= 4 is 0 Å². The molecule has 1 aromatic rings. The zero-order valence-corrected chi connectivity index (χ0v) is 9.02. The molecule has 0 heterocycles. The average molecular weight is 206 g/mol. The molecule has 2 nitrogen and oxygen atoms in total. The Morgan fingerprint density at radius 2 is 1.73 bits per heavy atom. The first kappa shape index (κ1) is 12.0. The summed E-state index contributed by atoms with van der Waals surface area (Å²) in [7, 11) is 0. The zero-order valence-electron chi connectivity index (χ0n) is 9.02. The molecule has 0 N–H and O–H groups in total. The van der Waals surface area contributed by atoms with Crippen LogP contribution in [-0.2, 0) is 16.1 Å². The first-order valence-electron chi connectivity index (χ1n) is 5.24. The summed E-state index contributed by atoms with van der Waals surface area (Å²) in [5.74, 6) is 0. The number of ether oxygens (including phenoxy) is 2. The van der Waals surface area contributed by atoms with Crippen LogP contribution in [0.1, 0.15) is 12.0 Å². The summed E-state index contributed by atoms with van der Waals surface area (Å²) in [6, 6.07) is 10.1. The standard InChI is InChI=1S/C13H18O2/c1-2-3-9-14-10-11-15-12-13-7-5-4-6-8-13/h2,4-8H,1,3,9-12H2. The minimum absolute atomic E-state index is 0.645. The van der Waals surface area contributed by atoms with E-state index in [1.165, 1.54) is 5.56 Å². The van der Waals surface area contributed by atoms with Crippen molar-refractivity contribution in [1.82, 2.24) is 0 Å². The Labute approximate surface area is 91.5 Å². The topological polar surface area (TPSA) is 18.5 Å². The molecule has 15 heavy (non-hydrogen) atoms. The molecule has 0 aliphatic rings. The Bertz CT molecular complexity index is 256. The van der Waals surface area contributed by atoms with Crippen LogP contribution in [0, 0.1) is 0 Å². The maximum atomic E-state index is 5.45. The Kier molecular flexibility index (Phi) is 6.54. The highest BCUT2D eigenvalue weighted by atomic mass is 16.5. The van der Waals surface area contributed by atoms with Crippen molar-refractivity contribution in [3.05, 3.63) is 48.6 Å². The summed E-state index contributed by atoms with van der Waals surface area (Å²) >= 11 is 0. The van der Waals surface area contributed by atoms with Gasteiger partial charge in [-0.1, -0.05) is 36.4 Å². The van der Waals surface area contributed by atoms with E-state index in [4.69, 9.17) is 9.47 Å². The third-order valence-corrected chi connectivity index (χ3v) is 1.95. The molecule has 0 aliphatic heterocycles. The van der Waals surface area contributed by atoms with E-state index >= 15 is 0 Å². The monoisotopic (exact) mass is 206 g/mol. The van der Waals surface area contributed by atoms with Crippen molar-refractivity contribution in [3.63, 3.8) is 0 Å². The molecule has 0 unspecified atom stereocenters. The molecule has 1 rings (SSSR count). The molecule has 0 saturated carbocycles. The third kappa shape index (κ3) is 6.05. The largest absolute Gasteiger partial charge is 0.379 e. The van der Waals surface area contributed by atoms with Gasteiger partial charge in [0.2, 0.25) is 0 Å². The van der Waals surface area contributed by atoms with Crippen LogP contribution >= 0.6 is 0 Å². The van der Waals surface area contributed by atoms with E-state index in [1.54, 1.807) is 0 Å². The third-order valence-electron chi connectivity index (χ3n) is 1.95. The molecule has 0 aliphatic carbocycles. The van der Waals surface area contributed by atoms with E-state index in [0.29, 0.717) is 19.8 Å². The predicted molar refractivity (Wildman–Crippen MR) is 61.7 cm³/mol. The molecule has 0 spiro atoms. The zero-order chi connectivity index (χ0) is 10.8. The Hall–Kier alpha value is -1.12. The maximum absolute atomic E-state index is 5.45. The molecular weight excluding hydrogens is 188 g/mol. The van der Waals surface area contributed by atoms with E-state index in [0.717, 1.165) is 13.0 Å². The van der Waals surface area contributed by atoms with Crippen LogP contribution in [0.5, 0.6) is 0 Å². The molecule has 82 valence electrons. The van der Waals surface area contributed by atoms with Crippen LogP contribution in [0.3, 0.4) is 0 Å². The fourth-order valence-electron chi connectivity index (χ4n) is 1.15. The summed E-state index contributed by atoms with van der Waals surface area (Å²) in [4.78, 5) is 0. The van der Waals surface area contributed by atoms with Crippen LogP contribution in [0.4, 0.5) is 0 Å². The van der Waals surface area contributed by atoms with Gasteiger partial charge in [-0.3, -0.25) is 0 Å². The lowest BCUT2D eigenvalue weighted by molar-refractivity contribution is 0.0422. The summed E-state index contributed by atoms with van der Waals surface area (Å²) in [5, 5.41) is 0. The molecule has 2 heteroatoms. The van der Waals surface area contributed by atoms with Gasteiger partial charge < -0.3 is 9.47 Å². The average Bonchev–Trinajstić information content (AvgIpc) is 2.29. The quantitative estimate of drug-likeness (QED) is 0.481. The minimum atomic E-state index is 0.645. The number of rotatable bonds is 8. The van der Waals surface area contributed by atoms with E-state index in [1.807, 2.05) is 24.3 Å². The Morgan fingerprint density at radius 3 is 2.47 bits per heavy atom. The Morgan fingerprint density at radius 1 is 1.00 bits per heavy atom. The van der Waals surface area contributed by atoms with Crippen molar-refractivity contribution in [2.24, 2.45) is 0 Å². The number of hydrogen-bond acceptors (Lipinski definition) is 2. The molecule has 0 amide bonds. The van der Waals surface area contributed by atoms with E-state index in [-0.39, 0.29) is 0 Å². The van der Waals surface area contributed by atoms with E-state index < -0.39 is 0 Å². The number of benzene rings is 1. The highest BCUT2D eigenvalue weighted by Gasteiger charge is 1.91. The number of hydrogen-bond donors (Lipinski definition) is 0. The summed E-state index contributed by atoms with van der Waals surface area (Å²) in [5.41, 5.74) is 1.20. The van der Waals surface area contributed by atoms with Gasteiger partial charge in [-0.05, 0) is 12.0 Å². The van der Waals surface area contributed by atoms with Crippen molar-refractivity contribution in [1.29, 1.82) is 0 Å². The van der Waals surface area contributed by atoms with Gasteiger partial charge in [0.1, 0.15) is 0 Å². The molecule has 0 bridgehead atoms. The molecule has 0 fully saturated rings. The van der Waals surface area contributed by atoms with Crippen LogP contribution in [-0.4, -0.2) is 19.8 Å². The van der Waals surface area contributed by atoms with Crippen molar-refractivity contribution in [2.75, 3.05) is 19.8 Å². The summed E-state index contributed by atoms with van der Waals surface area (Å²) < 4.78 is 10.8. The lowest BCUT2D eigenvalue weighted by Crippen LogP contribution is -2.04. The van der Waals surface area contributed by atoms with Crippen molar-refractivity contribution in [2.45, 2.75) is 13.0 Å². The van der Waals surface area contributed by atoms with Gasteiger partial charge in [-0.15, -0.1) is 6.58 Å². The molecule has 1 aromatic carbocycles. The molecule has 0 atom stereocenters. The van der Waals surface area contributed by atoms with Crippen molar-refractivity contribution in [3.8, 4) is 0 Å². The Balaban J connectivity index is 1.95. The van der Waals surface area contributed by atoms with Gasteiger partial charge >= 0.3 is 0 Å². The summed E-state index contributed by atoms with van der Waals surface area (Å²) in [6.45, 7) is 6.31. The molecular formula is C13H18O2. The van der Waals surface area contributed by atoms with E-state index in [9.17, 15) is 0 Å². The second kappa shape index (κ2) is 8.21. The smallest absolute Gasteiger partial charge is 0.0718 e. The van der Waals surface area contributed by atoms with Gasteiger partial charge in [0.15, 0.2) is 0 Å². The van der Waals surface area contributed by atoms with Gasteiger partial charge in [-0.25, -0.2) is 0 Å². The fraction of sp³-hybridized carbons (Fsp3) is 0.385. The van der Waals surface area contributed by atoms with Crippen LogP contribution in [0.25, 0.3) is 0 Å². The molecule has 0 saturated heterocycles. The first-order valence-corrected chi connectivity index (χ1v) is 5.24. The summed E-state index contributed by atoms with van der Waals surface area (Å²) in [6.07, 6.45) is 2.75. The fourth-order valence-corrected chi connectivity index (χ4v) is 1.15. The van der Waals surface area contributed by atoms with Gasteiger partial charge in [0.05, 0.1) is 26.4 Å². The van der Waals surface area contributed by atoms with Crippen LogP contribution in [0.15, 0.2) is 43.0 Å². The lowest BCUT2D eigenvalue weighted by Gasteiger charge is -2.04. The second-order valence-electron chi connectivity index (χ2n) is 3.23. The van der Waals surface area contributed by atoms with Crippen molar-refractivity contribution < 1.29 is 9.47 Å². The molecule has 0 radical (unpaired) electrons. The van der Waals surface area contributed by atoms with E-state index in [2.05, 4.69) is 18.7 Å². The highest BCUT2D eigenvalue weighted by molar-refractivity contribution is 5.13. The van der Waals surface area contributed by atoms with Gasteiger partial charge in [-0.2, -0.15) is 0 Å².